The first kappa shape index (κ1) is 22.7. The maximum atomic E-state index is 13.2. The number of esters is 2. The minimum Gasteiger partial charge on any atom is -0.466 e. The molecule has 3 rings (SSSR count). The monoisotopic (exact) mass is 436 g/mol. The van der Waals surface area contributed by atoms with E-state index in [4.69, 9.17) is 9.47 Å². The Hall–Kier alpha value is -3.94. The molecular formula is C24H24N2O6. The summed E-state index contributed by atoms with van der Waals surface area (Å²) in [4.78, 5) is 36.6. The van der Waals surface area contributed by atoms with Crippen molar-refractivity contribution in [1.82, 2.24) is 5.32 Å². The molecule has 0 saturated carbocycles. The summed E-state index contributed by atoms with van der Waals surface area (Å²) in [5, 5.41) is 14.4. The van der Waals surface area contributed by atoms with Crippen LogP contribution in [-0.4, -0.2) is 24.0 Å². The van der Waals surface area contributed by atoms with E-state index in [9.17, 15) is 19.7 Å². The number of allylic oxidation sites excluding steroid dienone is 2. The normalized spacial score (nSPS) is 15.8. The van der Waals surface area contributed by atoms with Crippen LogP contribution in [0.1, 0.15) is 36.5 Å². The van der Waals surface area contributed by atoms with Gasteiger partial charge in [0.25, 0.3) is 5.69 Å². The van der Waals surface area contributed by atoms with Gasteiger partial charge in [-0.05, 0) is 31.9 Å². The number of dihydropyridines is 1. The highest BCUT2D eigenvalue weighted by molar-refractivity contribution is 5.99. The molecule has 0 aromatic heterocycles. The lowest BCUT2D eigenvalue weighted by Gasteiger charge is -2.30. The minimum absolute atomic E-state index is 0.0494. The molecule has 0 radical (unpaired) electrons. The largest absolute Gasteiger partial charge is 0.466 e. The van der Waals surface area contributed by atoms with E-state index in [2.05, 4.69) is 5.32 Å². The van der Waals surface area contributed by atoms with Gasteiger partial charge in [0.2, 0.25) is 0 Å². The summed E-state index contributed by atoms with van der Waals surface area (Å²) in [6.07, 6.45) is 0. The summed E-state index contributed by atoms with van der Waals surface area (Å²) in [6.45, 7) is 5.40. The number of rotatable bonds is 6. The van der Waals surface area contributed by atoms with E-state index in [1.54, 1.807) is 19.9 Å². The second-order valence-corrected chi connectivity index (χ2v) is 7.54. The molecule has 8 nitrogen and oxygen atoms in total. The molecule has 0 saturated heterocycles. The number of carbonyl (C=O) groups excluding carboxylic acids is 2. The molecule has 2 aromatic carbocycles. The molecule has 0 fully saturated rings. The van der Waals surface area contributed by atoms with Crippen molar-refractivity contribution in [2.75, 3.05) is 7.11 Å². The van der Waals surface area contributed by atoms with Gasteiger partial charge in [0.15, 0.2) is 0 Å². The summed E-state index contributed by atoms with van der Waals surface area (Å²) in [6, 6.07) is 13.4. The fraction of sp³-hybridized carbons (Fsp3) is 0.250. The van der Waals surface area contributed by atoms with Crippen LogP contribution in [0.2, 0.25) is 0 Å². The number of carbonyl (C=O) groups is 2. The van der Waals surface area contributed by atoms with Crippen LogP contribution in [0.15, 0.2) is 71.1 Å². The number of nitro benzene ring substituents is 1. The van der Waals surface area contributed by atoms with Crippen molar-refractivity contribution in [1.29, 1.82) is 0 Å². The van der Waals surface area contributed by atoms with Gasteiger partial charge >= 0.3 is 11.9 Å². The van der Waals surface area contributed by atoms with E-state index in [1.165, 1.54) is 25.3 Å². The number of methoxy groups -OCH3 is 1. The first-order valence-electron chi connectivity index (χ1n) is 9.96. The number of hydrogen-bond acceptors (Lipinski definition) is 7. The molecule has 1 aliphatic rings. The Kier molecular flexibility index (Phi) is 6.73. The van der Waals surface area contributed by atoms with Crippen LogP contribution in [0.25, 0.3) is 0 Å². The topological polar surface area (TPSA) is 108 Å². The second-order valence-electron chi connectivity index (χ2n) is 7.54. The highest BCUT2D eigenvalue weighted by Gasteiger charge is 2.38. The Labute approximate surface area is 185 Å². The Morgan fingerprint density at radius 2 is 1.62 bits per heavy atom. The number of non-ortho nitro benzene ring substituents is 1. The lowest BCUT2D eigenvalue weighted by Crippen LogP contribution is -2.32. The van der Waals surface area contributed by atoms with Gasteiger partial charge in [0, 0.05) is 23.5 Å². The average molecular weight is 436 g/mol. The Morgan fingerprint density at radius 3 is 2.22 bits per heavy atom. The fourth-order valence-electron chi connectivity index (χ4n) is 3.71. The van der Waals surface area contributed by atoms with Crippen LogP contribution in [0.4, 0.5) is 5.69 Å². The molecule has 1 unspecified atom stereocenters. The summed E-state index contributed by atoms with van der Waals surface area (Å²) < 4.78 is 10.5. The number of nitro groups is 1. The molecule has 8 heteroatoms. The van der Waals surface area contributed by atoms with Gasteiger partial charge in [0.05, 0.1) is 29.1 Å². The van der Waals surface area contributed by atoms with Gasteiger partial charge in [0.1, 0.15) is 6.61 Å². The number of nitrogens with zero attached hydrogens (tertiary/aromatic N) is 1. The predicted octanol–water partition coefficient (Wildman–Crippen LogP) is 4.05. The number of aryl methyl sites for hydroxylation is 1. The van der Waals surface area contributed by atoms with E-state index >= 15 is 0 Å². The van der Waals surface area contributed by atoms with Crippen LogP contribution in [-0.2, 0) is 25.7 Å². The van der Waals surface area contributed by atoms with Crippen molar-refractivity contribution in [2.24, 2.45) is 0 Å². The SMILES string of the molecule is COC(=O)C1=C(C)NC(C)=C(C(=O)OCc2ccc(C)cc2)C1c1cccc([N+](=O)[O-])c1. The van der Waals surface area contributed by atoms with Gasteiger partial charge in [-0.25, -0.2) is 9.59 Å². The maximum Gasteiger partial charge on any atom is 0.337 e. The molecular weight excluding hydrogens is 412 g/mol. The third kappa shape index (κ3) is 4.69. The first-order valence-corrected chi connectivity index (χ1v) is 9.96. The van der Waals surface area contributed by atoms with Crippen molar-refractivity contribution in [3.63, 3.8) is 0 Å². The Balaban J connectivity index is 2.03. The van der Waals surface area contributed by atoms with Crippen LogP contribution < -0.4 is 5.32 Å². The average Bonchev–Trinajstić information content (AvgIpc) is 2.77. The molecule has 0 spiro atoms. The van der Waals surface area contributed by atoms with Gasteiger partial charge in [-0.15, -0.1) is 0 Å². The Morgan fingerprint density at radius 1 is 1.00 bits per heavy atom. The lowest BCUT2D eigenvalue weighted by atomic mass is 9.80. The van der Waals surface area contributed by atoms with E-state index in [1.807, 2.05) is 31.2 Å². The van der Waals surface area contributed by atoms with Gasteiger partial charge in [-0.1, -0.05) is 42.0 Å². The molecule has 1 aliphatic heterocycles. The zero-order valence-corrected chi connectivity index (χ0v) is 18.3. The molecule has 0 bridgehead atoms. The summed E-state index contributed by atoms with van der Waals surface area (Å²) in [7, 11) is 1.24. The van der Waals surface area contributed by atoms with Crippen molar-refractivity contribution < 1.29 is 24.0 Å². The second kappa shape index (κ2) is 9.47. The zero-order chi connectivity index (χ0) is 23.4. The summed E-state index contributed by atoms with van der Waals surface area (Å²) >= 11 is 0. The smallest absolute Gasteiger partial charge is 0.337 e. The van der Waals surface area contributed by atoms with E-state index in [0.29, 0.717) is 17.0 Å². The number of hydrogen-bond donors (Lipinski definition) is 1. The molecule has 0 aliphatic carbocycles. The van der Waals surface area contributed by atoms with E-state index in [0.717, 1.165) is 11.1 Å². The van der Waals surface area contributed by atoms with Crippen LogP contribution in [0.5, 0.6) is 0 Å². The first-order chi connectivity index (χ1) is 15.2. The van der Waals surface area contributed by atoms with Gasteiger partial charge in [-0.3, -0.25) is 10.1 Å². The van der Waals surface area contributed by atoms with E-state index < -0.39 is 22.8 Å². The minimum atomic E-state index is -0.880. The highest BCUT2D eigenvalue weighted by Crippen LogP contribution is 2.40. The van der Waals surface area contributed by atoms with Crippen LogP contribution in [0, 0.1) is 17.0 Å². The summed E-state index contributed by atoms with van der Waals surface area (Å²) in [5.41, 5.74) is 3.57. The van der Waals surface area contributed by atoms with Crippen molar-refractivity contribution >= 4 is 17.6 Å². The van der Waals surface area contributed by atoms with Gasteiger partial charge < -0.3 is 14.8 Å². The highest BCUT2D eigenvalue weighted by atomic mass is 16.6. The number of benzene rings is 2. The molecule has 1 N–H and O–H groups in total. The quantitative estimate of drug-likeness (QED) is 0.413. The van der Waals surface area contributed by atoms with Crippen molar-refractivity contribution in [3.8, 4) is 0 Å². The predicted molar refractivity (Wildman–Crippen MR) is 117 cm³/mol. The standard InChI is InChI=1S/C24H24N2O6/c1-14-8-10-17(11-9-14)13-32-24(28)21-16(3)25-15(2)20(23(27)31-4)22(21)18-6-5-7-19(12-18)26(29)30/h5-12,22,25H,13H2,1-4H3. The molecule has 1 heterocycles. The number of nitrogens with one attached hydrogen (secondary N) is 1. The van der Waals surface area contributed by atoms with Crippen LogP contribution >= 0.6 is 0 Å². The van der Waals surface area contributed by atoms with Gasteiger partial charge in [-0.2, -0.15) is 0 Å². The lowest BCUT2D eigenvalue weighted by molar-refractivity contribution is -0.384. The molecule has 2 aromatic rings. The van der Waals surface area contributed by atoms with Crippen molar-refractivity contribution in [3.05, 3.63) is 97.9 Å². The third-order valence-electron chi connectivity index (χ3n) is 5.29. The molecule has 0 amide bonds. The maximum absolute atomic E-state index is 13.2. The van der Waals surface area contributed by atoms with Crippen molar-refractivity contribution in [2.45, 2.75) is 33.3 Å². The van der Waals surface area contributed by atoms with Crippen LogP contribution in [0.3, 0.4) is 0 Å². The Bertz CT molecular complexity index is 1130. The third-order valence-corrected chi connectivity index (χ3v) is 5.29. The summed E-state index contributed by atoms with van der Waals surface area (Å²) in [5.74, 6) is -2.14. The molecule has 1 atom stereocenters. The fourth-order valence-corrected chi connectivity index (χ4v) is 3.71. The number of ether oxygens (including phenoxy) is 2. The molecule has 32 heavy (non-hydrogen) atoms. The van der Waals surface area contributed by atoms with E-state index in [-0.39, 0.29) is 23.4 Å². The zero-order valence-electron chi connectivity index (χ0n) is 18.3. The molecule has 166 valence electrons.